The molecule has 0 bridgehead atoms. The summed E-state index contributed by atoms with van der Waals surface area (Å²) in [6.07, 6.45) is 0. The molecule has 0 radical (unpaired) electrons. The summed E-state index contributed by atoms with van der Waals surface area (Å²) in [4.78, 5) is 5.08. The first-order valence-corrected chi connectivity index (χ1v) is 9.92. The molecule has 0 saturated carbocycles. The van der Waals surface area contributed by atoms with Crippen LogP contribution in [-0.4, -0.2) is 4.98 Å². The van der Waals surface area contributed by atoms with E-state index in [1.807, 2.05) is 12.1 Å². The molecular weight excluding hydrogens is 350 g/mol. The quantitative estimate of drug-likeness (QED) is 0.320. The van der Waals surface area contributed by atoms with E-state index in [0.717, 1.165) is 22.5 Å². The monoisotopic (exact) mass is 371 g/mol. The molecule has 138 valence electrons. The van der Waals surface area contributed by atoms with Crippen LogP contribution in [0.1, 0.15) is 5.56 Å². The zero-order valence-electron chi connectivity index (χ0n) is 16.3. The van der Waals surface area contributed by atoms with Gasteiger partial charge in [0.2, 0.25) is 0 Å². The number of benzene rings is 2. The topological polar surface area (TPSA) is 12.9 Å². The minimum absolute atomic E-state index is 1.000. The van der Waals surface area contributed by atoms with Crippen molar-refractivity contribution >= 4 is 0 Å². The number of fused-ring (bicyclic) bond motifs is 1. The molecule has 0 atom stereocenters. The molecule has 1 heteroatoms. The predicted molar refractivity (Wildman–Crippen MR) is 122 cm³/mol. The summed E-state index contributed by atoms with van der Waals surface area (Å²) in [5, 5.41) is 0. The van der Waals surface area contributed by atoms with Crippen LogP contribution >= 0.6 is 0 Å². The zero-order valence-corrected chi connectivity index (χ0v) is 16.3. The van der Waals surface area contributed by atoms with Crippen LogP contribution in [0.5, 0.6) is 0 Å². The number of nitrogens with zero attached hydrogens (tertiary/aromatic N) is 1. The van der Waals surface area contributed by atoms with E-state index < -0.39 is 0 Å². The van der Waals surface area contributed by atoms with Gasteiger partial charge in [-0.3, -0.25) is 0 Å². The van der Waals surface area contributed by atoms with E-state index in [4.69, 9.17) is 4.98 Å². The molecular formula is C28H21N. The number of rotatable bonds is 3. The summed E-state index contributed by atoms with van der Waals surface area (Å²) in [6.45, 7) is 2.18. The van der Waals surface area contributed by atoms with Gasteiger partial charge in [0.25, 0.3) is 0 Å². The molecule has 0 saturated heterocycles. The van der Waals surface area contributed by atoms with Gasteiger partial charge >= 0.3 is 0 Å². The largest absolute Gasteiger partial charge is 0.247 e. The average molecular weight is 371 g/mol. The summed E-state index contributed by atoms with van der Waals surface area (Å²) >= 11 is 0. The highest BCUT2D eigenvalue weighted by Crippen LogP contribution is 2.40. The summed E-state index contributed by atoms with van der Waals surface area (Å²) in [5.74, 6) is 0. The molecule has 0 spiro atoms. The van der Waals surface area contributed by atoms with E-state index >= 15 is 0 Å². The highest BCUT2D eigenvalue weighted by molar-refractivity contribution is 5.91. The fourth-order valence-corrected chi connectivity index (χ4v) is 3.97. The number of aromatic nitrogens is 1. The van der Waals surface area contributed by atoms with E-state index in [0.29, 0.717) is 0 Å². The molecule has 2 aliphatic carbocycles. The van der Waals surface area contributed by atoms with Gasteiger partial charge in [0.15, 0.2) is 0 Å². The van der Waals surface area contributed by atoms with Crippen LogP contribution in [0.25, 0.3) is 44.8 Å². The van der Waals surface area contributed by atoms with Crippen molar-refractivity contribution in [3.05, 3.63) is 115 Å². The molecule has 2 aliphatic rings. The highest BCUT2D eigenvalue weighted by atomic mass is 14.7. The van der Waals surface area contributed by atoms with Crippen molar-refractivity contribution < 1.29 is 0 Å². The lowest BCUT2D eigenvalue weighted by Crippen LogP contribution is -1.96. The van der Waals surface area contributed by atoms with E-state index in [2.05, 4.69) is 104 Å². The standard InChI is InChI=1S/C28H21N/c1-20-26(25-18-17-21-11-5-4-10-16-24(21)25)19-27(22-12-6-2-7-13-22)29-28(20)23-14-8-3-9-15-23/h2-19H,1H3. The second-order valence-electron chi connectivity index (χ2n) is 7.29. The Morgan fingerprint density at radius 3 is 1.76 bits per heavy atom. The van der Waals surface area contributed by atoms with Gasteiger partial charge < -0.3 is 0 Å². The molecule has 5 rings (SSSR count). The van der Waals surface area contributed by atoms with Gasteiger partial charge in [-0.1, -0.05) is 103 Å². The maximum Gasteiger partial charge on any atom is 0.0744 e. The first kappa shape index (κ1) is 17.4. The average Bonchev–Trinajstić information content (AvgIpc) is 3.02. The predicted octanol–water partition coefficient (Wildman–Crippen LogP) is 7.50. The Morgan fingerprint density at radius 1 is 0.483 bits per heavy atom. The Bertz CT molecular complexity index is 1240. The molecule has 0 aliphatic heterocycles. The fraction of sp³-hybridized carbons (Fsp3) is 0.0357. The number of pyridine rings is 1. The van der Waals surface area contributed by atoms with E-state index in [-0.39, 0.29) is 0 Å². The summed E-state index contributed by atoms with van der Waals surface area (Å²) < 4.78 is 0. The first-order valence-electron chi connectivity index (χ1n) is 9.92. The number of hydrogen-bond donors (Lipinski definition) is 0. The van der Waals surface area contributed by atoms with E-state index in [1.165, 1.54) is 27.8 Å². The summed E-state index contributed by atoms with van der Waals surface area (Å²) in [5.41, 5.74) is 10.5. The minimum Gasteiger partial charge on any atom is -0.247 e. The molecule has 0 unspecified atom stereocenters. The molecule has 2 aromatic carbocycles. The molecule has 1 aromatic heterocycles. The van der Waals surface area contributed by atoms with Crippen molar-refractivity contribution in [3.63, 3.8) is 0 Å². The van der Waals surface area contributed by atoms with Crippen LogP contribution in [0.2, 0.25) is 0 Å². The number of hydrogen-bond acceptors (Lipinski definition) is 1. The van der Waals surface area contributed by atoms with Gasteiger partial charge in [0, 0.05) is 11.1 Å². The van der Waals surface area contributed by atoms with E-state index in [1.54, 1.807) is 0 Å². The van der Waals surface area contributed by atoms with Crippen molar-refractivity contribution in [3.8, 4) is 44.8 Å². The van der Waals surface area contributed by atoms with Crippen molar-refractivity contribution in [1.29, 1.82) is 0 Å². The van der Waals surface area contributed by atoms with Crippen molar-refractivity contribution in [2.24, 2.45) is 0 Å². The second kappa shape index (κ2) is 7.37. The van der Waals surface area contributed by atoms with Crippen molar-refractivity contribution in [2.75, 3.05) is 0 Å². The fourth-order valence-electron chi connectivity index (χ4n) is 3.97. The summed E-state index contributed by atoms with van der Waals surface area (Å²) in [7, 11) is 0. The molecule has 1 heterocycles. The van der Waals surface area contributed by atoms with Gasteiger partial charge in [-0.15, -0.1) is 0 Å². The van der Waals surface area contributed by atoms with Crippen molar-refractivity contribution in [2.45, 2.75) is 6.92 Å². The Morgan fingerprint density at radius 2 is 1.07 bits per heavy atom. The van der Waals surface area contributed by atoms with Crippen molar-refractivity contribution in [1.82, 2.24) is 4.98 Å². The Hall–Kier alpha value is -3.71. The maximum absolute atomic E-state index is 5.08. The van der Waals surface area contributed by atoms with Crippen LogP contribution in [0, 0.1) is 6.92 Å². The van der Waals surface area contributed by atoms with Gasteiger partial charge in [-0.25, -0.2) is 4.98 Å². The molecule has 29 heavy (non-hydrogen) atoms. The molecule has 0 amide bonds. The Kier molecular flexibility index (Phi) is 4.42. The Balaban J connectivity index is 1.79. The van der Waals surface area contributed by atoms with Gasteiger partial charge in [0.05, 0.1) is 11.4 Å². The lowest BCUT2D eigenvalue weighted by atomic mass is 9.93. The smallest absolute Gasteiger partial charge is 0.0744 e. The lowest BCUT2D eigenvalue weighted by Gasteiger charge is -2.15. The molecule has 0 fully saturated rings. The zero-order chi connectivity index (χ0) is 19.6. The second-order valence-corrected chi connectivity index (χ2v) is 7.29. The third-order valence-electron chi connectivity index (χ3n) is 5.47. The Labute approximate surface area is 171 Å². The van der Waals surface area contributed by atoms with Gasteiger partial charge in [-0.2, -0.15) is 0 Å². The first-order chi connectivity index (χ1) is 14.3. The summed E-state index contributed by atoms with van der Waals surface area (Å²) in [6, 6.07) is 38.2. The van der Waals surface area contributed by atoms with Crippen LogP contribution in [-0.2, 0) is 0 Å². The molecule has 3 aromatic rings. The van der Waals surface area contributed by atoms with Crippen LogP contribution in [0.15, 0.2) is 109 Å². The van der Waals surface area contributed by atoms with Gasteiger partial charge in [0.1, 0.15) is 0 Å². The molecule has 1 nitrogen and oxygen atoms in total. The van der Waals surface area contributed by atoms with Crippen LogP contribution in [0.3, 0.4) is 0 Å². The maximum atomic E-state index is 5.08. The van der Waals surface area contributed by atoms with Crippen LogP contribution in [0.4, 0.5) is 0 Å². The third-order valence-corrected chi connectivity index (χ3v) is 5.47. The van der Waals surface area contributed by atoms with Crippen LogP contribution < -0.4 is 0 Å². The minimum atomic E-state index is 1.000. The van der Waals surface area contributed by atoms with Gasteiger partial charge in [-0.05, 0) is 40.8 Å². The lowest BCUT2D eigenvalue weighted by molar-refractivity contribution is 1.27. The third kappa shape index (κ3) is 3.21. The normalized spacial score (nSPS) is 10.9. The SMILES string of the molecule is Cc1c(-c2ccc3cccccc2-3)cc(-c2ccccc2)nc1-c1ccccc1. The molecule has 0 N–H and O–H groups in total. The highest BCUT2D eigenvalue weighted by Gasteiger charge is 2.17. The van der Waals surface area contributed by atoms with E-state index in [9.17, 15) is 0 Å².